The molecule has 0 aromatic heterocycles. The summed E-state index contributed by atoms with van der Waals surface area (Å²) in [6.45, 7) is 0.476. The Balaban J connectivity index is 1.47. The molecule has 0 saturated carbocycles. The summed E-state index contributed by atoms with van der Waals surface area (Å²) >= 11 is 0. The molecule has 0 bridgehead atoms. The third-order valence-corrected chi connectivity index (χ3v) is 8.61. The van der Waals surface area contributed by atoms with Crippen molar-refractivity contribution in [1.29, 1.82) is 0 Å². The second kappa shape index (κ2) is 8.31. The van der Waals surface area contributed by atoms with Gasteiger partial charge in [-0.2, -0.15) is 8.61 Å². The fraction of sp³-hybridized carbons (Fsp3) is 0.182. The van der Waals surface area contributed by atoms with E-state index in [1.54, 1.807) is 24.3 Å². The van der Waals surface area contributed by atoms with Crippen LogP contribution in [0.5, 0.6) is 0 Å². The van der Waals surface area contributed by atoms with Gasteiger partial charge >= 0.3 is 0 Å². The van der Waals surface area contributed by atoms with Crippen LogP contribution in [-0.4, -0.2) is 51.6 Å². The van der Waals surface area contributed by atoms with Gasteiger partial charge in [-0.1, -0.05) is 60.7 Å². The molecule has 1 aliphatic heterocycles. The molecule has 6 nitrogen and oxygen atoms in total. The van der Waals surface area contributed by atoms with Gasteiger partial charge in [0.05, 0.1) is 4.90 Å². The minimum atomic E-state index is -3.68. The predicted molar refractivity (Wildman–Crippen MR) is 119 cm³/mol. The molecule has 0 spiro atoms. The highest BCUT2D eigenvalue weighted by Crippen LogP contribution is 2.23. The van der Waals surface area contributed by atoms with Crippen molar-refractivity contribution in [2.45, 2.75) is 4.90 Å². The van der Waals surface area contributed by atoms with Crippen molar-refractivity contribution < 1.29 is 16.8 Å². The number of fused-ring (bicyclic) bond motifs is 1. The minimum Gasteiger partial charge on any atom is -0.208 e. The molecule has 1 heterocycles. The third-order valence-electron chi connectivity index (χ3n) is 5.15. The molecule has 0 amide bonds. The monoisotopic (exact) mass is 442 g/mol. The molecule has 30 heavy (non-hydrogen) atoms. The van der Waals surface area contributed by atoms with E-state index in [1.165, 1.54) is 14.0 Å². The summed E-state index contributed by atoms with van der Waals surface area (Å²) in [4.78, 5) is 0.224. The Labute approximate surface area is 177 Å². The largest absolute Gasteiger partial charge is 0.243 e. The molecule has 1 aliphatic rings. The van der Waals surface area contributed by atoms with Gasteiger partial charge in [0.1, 0.15) is 0 Å². The zero-order chi connectivity index (χ0) is 21.2. The van der Waals surface area contributed by atoms with Crippen LogP contribution in [0, 0.1) is 0 Å². The van der Waals surface area contributed by atoms with Gasteiger partial charge in [0.2, 0.25) is 20.0 Å². The van der Waals surface area contributed by atoms with Gasteiger partial charge in [0.15, 0.2) is 0 Å². The van der Waals surface area contributed by atoms with E-state index in [0.717, 1.165) is 16.3 Å². The van der Waals surface area contributed by atoms with Gasteiger partial charge in [-0.05, 0) is 34.5 Å². The van der Waals surface area contributed by atoms with E-state index in [9.17, 15) is 16.8 Å². The Bertz CT molecular complexity index is 1280. The van der Waals surface area contributed by atoms with Gasteiger partial charge in [-0.3, -0.25) is 0 Å². The molecular formula is C22H22N2O4S2. The summed E-state index contributed by atoms with van der Waals surface area (Å²) < 4.78 is 54.0. The van der Waals surface area contributed by atoms with Gasteiger partial charge < -0.3 is 0 Å². The van der Waals surface area contributed by atoms with Crippen molar-refractivity contribution in [3.8, 4) is 0 Å². The van der Waals surface area contributed by atoms with E-state index in [1.807, 2.05) is 54.6 Å². The molecule has 0 N–H and O–H groups in total. The fourth-order valence-corrected chi connectivity index (χ4v) is 6.09. The number of piperazine rings is 1. The van der Waals surface area contributed by atoms with Crippen LogP contribution >= 0.6 is 0 Å². The molecular weight excluding hydrogens is 420 g/mol. The predicted octanol–water partition coefficient (Wildman–Crippen LogP) is 3.15. The van der Waals surface area contributed by atoms with Crippen LogP contribution < -0.4 is 0 Å². The summed E-state index contributed by atoms with van der Waals surface area (Å²) in [5, 5.41) is 3.00. The lowest BCUT2D eigenvalue weighted by molar-refractivity contribution is 0.275. The van der Waals surface area contributed by atoms with Crippen LogP contribution in [0.1, 0.15) is 5.56 Å². The molecule has 1 saturated heterocycles. The smallest absolute Gasteiger partial charge is 0.208 e. The SMILES string of the molecule is O=S(=O)(/C=C/c1ccccc1)N1CCN(S(=O)(=O)c2ccc3ccccc3c2)CC1. The lowest BCUT2D eigenvalue weighted by atomic mass is 10.1. The van der Waals surface area contributed by atoms with E-state index in [-0.39, 0.29) is 31.1 Å². The Hall–Kier alpha value is -2.52. The van der Waals surface area contributed by atoms with E-state index in [0.29, 0.717) is 0 Å². The molecule has 0 atom stereocenters. The van der Waals surface area contributed by atoms with Crippen LogP contribution in [0.15, 0.2) is 83.1 Å². The van der Waals surface area contributed by atoms with E-state index < -0.39 is 20.0 Å². The molecule has 4 rings (SSSR count). The highest BCUT2D eigenvalue weighted by Gasteiger charge is 2.32. The first-order chi connectivity index (χ1) is 14.4. The van der Waals surface area contributed by atoms with Crippen molar-refractivity contribution in [2.75, 3.05) is 26.2 Å². The van der Waals surface area contributed by atoms with Gasteiger partial charge in [0, 0.05) is 31.6 Å². The number of hydrogen-bond acceptors (Lipinski definition) is 4. The summed E-state index contributed by atoms with van der Waals surface area (Å²) in [5.41, 5.74) is 0.790. The fourth-order valence-electron chi connectivity index (χ4n) is 3.46. The van der Waals surface area contributed by atoms with Crippen molar-refractivity contribution >= 4 is 36.9 Å². The second-order valence-electron chi connectivity index (χ2n) is 7.07. The Morgan fingerprint density at radius 2 is 1.27 bits per heavy atom. The Morgan fingerprint density at radius 1 is 0.667 bits per heavy atom. The summed E-state index contributed by atoms with van der Waals surface area (Å²) in [5.74, 6) is 0. The molecule has 8 heteroatoms. The number of sulfonamides is 2. The first-order valence-electron chi connectivity index (χ1n) is 9.58. The zero-order valence-corrected chi connectivity index (χ0v) is 17.9. The average Bonchev–Trinajstić information content (AvgIpc) is 2.78. The van der Waals surface area contributed by atoms with E-state index in [2.05, 4.69) is 0 Å². The lowest BCUT2D eigenvalue weighted by Gasteiger charge is -2.32. The summed E-state index contributed by atoms with van der Waals surface area (Å²) in [6.07, 6.45) is 1.55. The number of benzene rings is 3. The maximum atomic E-state index is 13.0. The Kier molecular flexibility index (Phi) is 5.75. The summed E-state index contributed by atoms with van der Waals surface area (Å²) in [7, 11) is -7.30. The quantitative estimate of drug-likeness (QED) is 0.608. The third kappa shape index (κ3) is 4.32. The zero-order valence-electron chi connectivity index (χ0n) is 16.3. The maximum Gasteiger partial charge on any atom is 0.243 e. The normalized spacial score (nSPS) is 16.9. The molecule has 0 aliphatic carbocycles. The van der Waals surface area contributed by atoms with Crippen LogP contribution in [0.25, 0.3) is 16.8 Å². The maximum absolute atomic E-state index is 13.0. The number of hydrogen-bond donors (Lipinski definition) is 0. The lowest BCUT2D eigenvalue weighted by Crippen LogP contribution is -2.49. The second-order valence-corrected chi connectivity index (χ2v) is 10.8. The molecule has 0 radical (unpaired) electrons. The van der Waals surface area contributed by atoms with Crippen LogP contribution in [0.4, 0.5) is 0 Å². The standard InChI is InChI=1S/C22H22N2O4S2/c25-29(26,17-12-19-6-2-1-3-7-19)23-13-15-24(16-14-23)30(27,28)22-11-10-20-8-4-5-9-21(20)18-22/h1-12,17-18H,13-16H2/b17-12+. The molecule has 1 fully saturated rings. The van der Waals surface area contributed by atoms with Gasteiger partial charge in [-0.25, -0.2) is 16.8 Å². The van der Waals surface area contributed by atoms with Crippen LogP contribution in [-0.2, 0) is 20.0 Å². The number of rotatable bonds is 5. The topological polar surface area (TPSA) is 74.8 Å². The first-order valence-corrected chi connectivity index (χ1v) is 12.5. The Morgan fingerprint density at radius 3 is 1.97 bits per heavy atom. The highest BCUT2D eigenvalue weighted by atomic mass is 32.2. The van der Waals surface area contributed by atoms with Crippen molar-refractivity contribution in [1.82, 2.24) is 8.61 Å². The molecule has 156 valence electrons. The van der Waals surface area contributed by atoms with Crippen LogP contribution in [0.3, 0.4) is 0 Å². The van der Waals surface area contributed by atoms with E-state index in [4.69, 9.17) is 0 Å². The summed E-state index contributed by atoms with van der Waals surface area (Å²) in [6, 6.07) is 21.8. The number of nitrogens with zero attached hydrogens (tertiary/aromatic N) is 2. The first kappa shape index (κ1) is 20.7. The van der Waals surface area contributed by atoms with Gasteiger partial charge in [-0.15, -0.1) is 0 Å². The molecule has 0 unspecified atom stereocenters. The van der Waals surface area contributed by atoms with Crippen molar-refractivity contribution in [3.63, 3.8) is 0 Å². The van der Waals surface area contributed by atoms with Crippen molar-refractivity contribution in [2.24, 2.45) is 0 Å². The minimum absolute atomic E-state index is 0.119. The van der Waals surface area contributed by atoms with Crippen molar-refractivity contribution in [3.05, 3.63) is 83.8 Å². The van der Waals surface area contributed by atoms with E-state index >= 15 is 0 Å². The van der Waals surface area contributed by atoms with Crippen LogP contribution in [0.2, 0.25) is 0 Å². The van der Waals surface area contributed by atoms with Gasteiger partial charge in [0.25, 0.3) is 0 Å². The molecule has 3 aromatic rings. The average molecular weight is 443 g/mol. The highest BCUT2D eigenvalue weighted by molar-refractivity contribution is 7.92. The molecule has 3 aromatic carbocycles.